The van der Waals surface area contributed by atoms with Crippen molar-refractivity contribution in [2.45, 2.75) is 82.8 Å². The highest BCUT2D eigenvalue weighted by molar-refractivity contribution is 7.12. The molecule has 0 N–H and O–H groups in total. The van der Waals surface area contributed by atoms with Crippen molar-refractivity contribution >= 4 is 23.6 Å². The van der Waals surface area contributed by atoms with Crippen LogP contribution >= 0.6 is 0 Å². The zero-order valence-corrected chi connectivity index (χ0v) is 28.7. The van der Waals surface area contributed by atoms with E-state index in [0.717, 1.165) is 5.75 Å². The average molecular weight is 607 g/mol. The van der Waals surface area contributed by atoms with Gasteiger partial charge in [0.05, 0.1) is 0 Å². The molecule has 5 aromatic rings. The highest BCUT2D eigenvalue weighted by Gasteiger charge is 2.55. The topological polar surface area (TPSA) is 9.23 Å². The van der Waals surface area contributed by atoms with Crippen LogP contribution in [0.25, 0.3) is 11.1 Å². The summed E-state index contributed by atoms with van der Waals surface area (Å²) in [4.78, 5) is 0. The molecule has 2 heteroatoms. The molecule has 5 aromatic carbocycles. The van der Waals surface area contributed by atoms with Crippen LogP contribution < -0.4 is 20.3 Å². The van der Waals surface area contributed by atoms with Gasteiger partial charge in [-0.2, -0.15) is 0 Å². The minimum absolute atomic E-state index is 0.0638. The van der Waals surface area contributed by atoms with Crippen molar-refractivity contribution in [3.05, 3.63) is 144 Å². The first-order valence-electron chi connectivity index (χ1n) is 16.7. The van der Waals surface area contributed by atoms with Crippen LogP contribution in [0.3, 0.4) is 0 Å². The fourth-order valence-corrected chi connectivity index (χ4v) is 14.5. The molecule has 1 nitrogen and oxygen atoms in total. The molecule has 228 valence electrons. The third-order valence-corrected chi connectivity index (χ3v) is 15.7. The van der Waals surface area contributed by atoms with E-state index in [-0.39, 0.29) is 11.0 Å². The van der Waals surface area contributed by atoms with Gasteiger partial charge in [0.2, 0.25) is 0 Å². The highest BCUT2D eigenvalue weighted by atomic mass is 28.3. The molecule has 2 aliphatic rings. The van der Waals surface area contributed by atoms with Gasteiger partial charge >= 0.3 is 0 Å². The summed E-state index contributed by atoms with van der Waals surface area (Å²) >= 11 is 0. The molecule has 0 amide bonds. The summed E-state index contributed by atoms with van der Waals surface area (Å²) in [6.45, 7) is 13.6. The quantitative estimate of drug-likeness (QED) is 0.143. The predicted molar refractivity (Wildman–Crippen MR) is 193 cm³/mol. The Kier molecular flexibility index (Phi) is 7.40. The second-order valence-electron chi connectivity index (χ2n) is 15.2. The lowest BCUT2D eigenvalue weighted by Crippen LogP contribution is -2.70. The fourth-order valence-electron chi connectivity index (χ4n) is 8.64. The molecular formula is C43H46OSi. The number of hydrogen-bond acceptors (Lipinski definition) is 1. The Hall–Kier alpha value is -3.88. The van der Waals surface area contributed by atoms with Crippen molar-refractivity contribution in [2.24, 2.45) is 0 Å². The summed E-state index contributed by atoms with van der Waals surface area (Å²) < 4.78 is 7.16. The van der Waals surface area contributed by atoms with Gasteiger partial charge in [-0.15, -0.1) is 0 Å². The number of fused-ring (bicyclic) bond motifs is 6. The summed E-state index contributed by atoms with van der Waals surface area (Å²) in [6.07, 6.45) is 2.33. The van der Waals surface area contributed by atoms with E-state index in [1.54, 1.807) is 0 Å². The fraction of sp³-hybridized carbons (Fsp3) is 0.302. The van der Waals surface area contributed by atoms with E-state index in [1.165, 1.54) is 56.2 Å². The van der Waals surface area contributed by atoms with Gasteiger partial charge in [0.25, 0.3) is 0 Å². The van der Waals surface area contributed by atoms with Crippen molar-refractivity contribution in [1.29, 1.82) is 0 Å². The second kappa shape index (κ2) is 11.2. The van der Waals surface area contributed by atoms with Gasteiger partial charge in [-0.05, 0) is 99.8 Å². The van der Waals surface area contributed by atoms with E-state index in [2.05, 4.69) is 169 Å². The van der Waals surface area contributed by atoms with Crippen molar-refractivity contribution in [1.82, 2.24) is 0 Å². The average Bonchev–Trinajstić information content (AvgIpc) is 3.48. The molecule has 1 fully saturated rings. The van der Waals surface area contributed by atoms with Crippen LogP contribution in [0.4, 0.5) is 0 Å². The molecule has 1 saturated carbocycles. The molecular weight excluding hydrogens is 561 g/mol. The SMILES string of the molecule is CC(C)(C)Oc1c(C(C)(C)C)cccc1[Si](c1ccccc1)(c1ccccc1)C1CC2c3ccccc3-c3ccccc3C2C1. The maximum absolute atomic E-state index is 7.16. The highest BCUT2D eigenvalue weighted by Crippen LogP contribution is 2.60. The van der Waals surface area contributed by atoms with Crippen molar-refractivity contribution in [2.75, 3.05) is 0 Å². The van der Waals surface area contributed by atoms with E-state index >= 15 is 0 Å². The molecule has 0 bridgehead atoms. The number of ether oxygens (including phenoxy) is 1. The molecule has 0 heterocycles. The maximum Gasteiger partial charge on any atom is 0.156 e. The molecule has 0 spiro atoms. The van der Waals surface area contributed by atoms with E-state index in [1.807, 2.05) is 0 Å². The molecule has 0 radical (unpaired) electrons. The Bertz CT molecular complexity index is 1720. The van der Waals surface area contributed by atoms with Crippen molar-refractivity contribution in [3.8, 4) is 16.9 Å². The zero-order chi connectivity index (χ0) is 31.4. The molecule has 2 unspecified atom stereocenters. The second-order valence-corrected chi connectivity index (χ2v) is 19.4. The first kappa shape index (κ1) is 29.8. The third kappa shape index (κ3) is 5.08. The van der Waals surface area contributed by atoms with Gasteiger partial charge in [-0.1, -0.05) is 148 Å². The first-order valence-corrected chi connectivity index (χ1v) is 18.8. The minimum atomic E-state index is -2.70. The Balaban J connectivity index is 1.54. The third-order valence-electron chi connectivity index (χ3n) is 10.3. The lowest BCUT2D eigenvalue weighted by molar-refractivity contribution is 0.129. The molecule has 7 rings (SSSR count). The predicted octanol–water partition coefficient (Wildman–Crippen LogP) is 9.34. The Morgan fingerprint density at radius 3 is 1.47 bits per heavy atom. The van der Waals surface area contributed by atoms with E-state index < -0.39 is 8.07 Å². The first-order chi connectivity index (χ1) is 21.6. The number of benzene rings is 5. The minimum Gasteiger partial charge on any atom is -0.488 e. The Labute approximate surface area is 271 Å². The lowest BCUT2D eigenvalue weighted by atomic mass is 9.73. The van der Waals surface area contributed by atoms with Crippen LogP contribution in [0.15, 0.2) is 127 Å². The van der Waals surface area contributed by atoms with E-state index in [4.69, 9.17) is 4.74 Å². The largest absolute Gasteiger partial charge is 0.488 e. The van der Waals surface area contributed by atoms with Crippen molar-refractivity contribution < 1.29 is 4.74 Å². The monoisotopic (exact) mass is 606 g/mol. The maximum atomic E-state index is 7.16. The smallest absolute Gasteiger partial charge is 0.156 e. The van der Waals surface area contributed by atoms with Crippen molar-refractivity contribution in [3.63, 3.8) is 0 Å². The normalized spacial score (nSPS) is 19.4. The van der Waals surface area contributed by atoms with Crippen LogP contribution in [-0.4, -0.2) is 13.7 Å². The van der Waals surface area contributed by atoms with Gasteiger partial charge in [0.15, 0.2) is 8.07 Å². The van der Waals surface area contributed by atoms with Crippen LogP contribution in [0, 0.1) is 0 Å². The number of rotatable bonds is 5. The van der Waals surface area contributed by atoms with Gasteiger partial charge in [0.1, 0.15) is 11.4 Å². The summed E-state index contributed by atoms with van der Waals surface area (Å²) in [6, 6.07) is 48.5. The number of para-hydroxylation sites is 1. The zero-order valence-electron chi connectivity index (χ0n) is 27.7. The summed E-state index contributed by atoms with van der Waals surface area (Å²) in [5.74, 6) is 2.10. The standard InChI is InChI=1S/C43H46OSi/c1-42(2,3)39-26-17-27-40(41(39)44-43(4,5)6)45(30-18-9-7-10-19-30,31-20-11-8-12-21-31)32-28-37-35-24-15-13-22-33(35)34-23-14-16-25-36(34)38(37)29-32/h7-27,32,37-38H,28-29H2,1-6H3. The summed E-state index contributed by atoms with van der Waals surface area (Å²) in [5, 5.41) is 4.38. The van der Waals surface area contributed by atoms with Crippen LogP contribution in [0.1, 0.15) is 82.9 Å². The van der Waals surface area contributed by atoms with Crippen LogP contribution in [0.2, 0.25) is 5.54 Å². The van der Waals surface area contributed by atoms with E-state index in [9.17, 15) is 0 Å². The molecule has 0 aromatic heterocycles. The molecule has 45 heavy (non-hydrogen) atoms. The molecule has 2 atom stereocenters. The molecule has 0 saturated heterocycles. The Morgan fingerprint density at radius 2 is 1.00 bits per heavy atom. The van der Waals surface area contributed by atoms with Gasteiger partial charge < -0.3 is 4.74 Å². The van der Waals surface area contributed by atoms with E-state index in [0.29, 0.717) is 17.4 Å². The summed E-state index contributed by atoms with van der Waals surface area (Å²) in [5.41, 5.74) is 7.29. The Morgan fingerprint density at radius 1 is 0.533 bits per heavy atom. The molecule has 0 aliphatic heterocycles. The van der Waals surface area contributed by atoms with Gasteiger partial charge in [-0.25, -0.2) is 0 Å². The molecule has 2 aliphatic carbocycles. The number of hydrogen-bond donors (Lipinski definition) is 0. The van der Waals surface area contributed by atoms with Gasteiger partial charge in [0, 0.05) is 0 Å². The van der Waals surface area contributed by atoms with Crippen LogP contribution in [-0.2, 0) is 5.41 Å². The van der Waals surface area contributed by atoms with Gasteiger partial charge in [-0.3, -0.25) is 0 Å². The summed E-state index contributed by atoms with van der Waals surface area (Å²) in [7, 11) is -2.70. The van der Waals surface area contributed by atoms with Crippen LogP contribution in [0.5, 0.6) is 5.75 Å². The lowest BCUT2D eigenvalue weighted by Gasteiger charge is -2.42.